The number of amides is 1. The lowest BCUT2D eigenvalue weighted by Gasteiger charge is -2.18. The van der Waals surface area contributed by atoms with E-state index >= 15 is 0 Å². The second-order valence-corrected chi connectivity index (χ2v) is 4.59. The van der Waals surface area contributed by atoms with Crippen molar-refractivity contribution in [2.24, 2.45) is 0 Å². The van der Waals surface area contributed by atoms with Crippen LogP contribution in [0.2, 0.25) is 0 Å². The van der Waals surface area contributed by atoms with Crippen LogP contribution in [0.3, 0.4) is 0 Å². The van der Waals surface area contributed by atoms with Gasteiger partial charge in [-0.1, -0.05) is 12.1 Å². The monoisotopic (exact) mass is 286 g/mol. The Balaban J connectivity index is 1.67. The van der Waals surface area contributed by atoms with Crippen LogP contribution in [-0.4, -0.2) is 24.1 Å². The van der Waals surface area contributed by atoms with Gasteiger partial charge in [-0.2, -0.15) is 0 Å². The molecule has 2 heterocycles. The number of H-pyrrole nitrogens is 1. The van der Waals surface area contributed by atoms with Crippen molar-refractivity contribution in [1.29, 1.82) is 0 Å². The summed E-state index contributed by atoms with van der Waals surface area (Å²) in [6, 6.07) is 9.97. The van der Waals surface area contributed by atoms with Gasteiger partial charge in [-0.3, -0.25) is 9.59 Å². The number of aromatic nitrogens is 1. The molecule has 0 bridgehead atoms. The fourth-order valence-electron chi connectivity index (χ4n) is 2.06. The molecular formula is C15H14N2O4. The van der Waals surface area contributed by atoms with Crippen molar-refractivity contribution < 1.29 is 14.3 Å². The largest absolute Gasteiger partial charge is 0.486 e. The van der Waals surface area contributed by atoms with Crippen LogP contribution in [0.5, 0.6) is 11.5 Å². The van der Waals surface area contributed by atoms with E-state index in [4.69, 9.17) is 9.47 Å². The topological polar surface area (TPSA) is 80.4 Å². The molecule has 1 aromatic heterocycles. The summed E-state index contributed by atoms with van der Waals surface area (Å²) in [4.78, 5) is 25.6. The quantitative estimate of drug-likeness (QED) is 0.884. The van der Waals surface area contributed by atoms with Gasteiger partial charge in [-0.25, -0.2) is 0 Å². The van der Waals surface area contributed by atoms with Crippen molar-refractivity contribution in [3.05, 3.63) is 58.0 Å². The van der Waals surface area contributed by atoms with E-state index in [0.29, 0.717) is 31.3 Å². The molecule has 6 nitrogen and oxygen atoms in total. The van der Waals surface area contributed by atoms with Gasteiger partial charge in [0.1, 0.15) is 18.9 Å². The average Bonchev–Trinajstić information content (AvgIpc) is 2.52. The summed E-state index contributed by atoms with van der Waals surface area (Å²) in [5, 5.41) is 2.74. The number of carbonyl (C=O) groups is 1. The lowest BCUT2D eigenvalue weighted by atomic mass is 10.2. The Hall–Kier alpha value is -2.76. The van der Waals surface area contributed by atoms with Crippen molar-refractivity contribution >= 4 is 5.91 Å². The number of rotatable bonds is 3. The number of fused-ring (bicyclic) bond motifs is 1. The molecule has 108 valence electrons. The summed E-state index contributed by atoms with van der Waals surface area (Å²) in [5.41, 5.74) is 0.827. The number of ether oxygens (including phenoxy) is 2. The molecule has 1 aliphatic heterocycles. The fourth-order valence-corrected chi connectivity index (χ4v) is 2.06. The molecule has 0 saturated heterocycles. The first-order chi connectivity index (χ1) is 10.2. The Morgan fingerprint density at radius 2 is 1.95 bits per heavy atom. The zero-order chi connectivity index (χ0) is 14.7. The third-order valence-electron chi connectivity index (χ3n) is 3.07. The summed E-state index contributed by atoms with van der Waals surface area (Å²) in [5.74, 6) is 1.06. The average molecular weight is 286 g/mol. The highest BCUT2D eigenvalue weighted by Crippen LogP contribution is 2.30. The van der Waals surface area contributed by atoms with E-state index in [9.17, 15) is 9.59 Å². The SMILES string of the molecule is O=C(NCc1ccc2c(c1)OCCO2)c1cccc(=O)[nH]1. The minimum atomic E-state index is -0.331. The van der Waals surface area contributed by atoms with E-state index in [2.05, 4.69) is 10.3 Å². The van der Waals surface area contributed by atoms with E-state index in [0.717, 1.165) is 5.56 Å². The Kier molecular flexibility index (Phi) is 3.59. The maximum Gasteiger partial charge on any atom is 0.268 e. The summed E-state index contributed by atoms with van der Waals surface area (Å²) in [6.45, 7) is 1.41. The fraction of sp³-hybridized carbons (Fsp3) is 0.200. The third-order valence-corrected chi connectivity index (χ3v) is 3.07. The van der Waals surface area contributed by atoms with Gasteiger partial charge in [-0.15, -0.1) is 0 Å². The molecule has 0 radical (unpaired) electrons. The first kappa shape index (κ1) is 13.2. The number of carbonyl (C=O) groups excluding carboxylic acids is 1. The standard InChI is InChI=1S/C15H14N2O4/c18-14-3-1-2-11(17-14)15(19)16-9-10-4-5-12-13(8-10)21-7-6-20-12/h1-5,8H,6-7,9H2,(H,16,19)(H,17,18). The van der Waals surface area contributed by atoms with E-state index in [1.165, 1.54) is 12.1 Å². The summed E-state index contributed by atoms with van der Waals surface area (Å²) < 4.78 is 10.9. The van der Waals surface area contributed by atoms with Gasteiger partial charge in [-0.05, 0) is 23.8 Å². The zero-order valence-corrected chi connectivity index (χ0v) is 11.2. The molecule has 2 aromatic rings. The Morgan fingerprint density at radius 1 is 1.14 bits per heavy atom. The smallest absolute Gasteiger partial charge is 0.268 e. The van der Waals surface area contributed by atoms with Gasteiger partial charge in [0.15, 0.2) is 11.5 Å². The predicted octanol–water partition coefficient (Wildman–Crippen LogP) is 1.08. The maximum absolute atomic E-state index is 11.9. The number of aromatic amines is 1. The van der Waals surface area contributed by atoms with Gasteiger partial charge < -0.3 is 19.8 Å². The van der Waals surface area contributed by atoms with Crippen molar-refractivity contribution in [2.75, 3.05) is 13.2 Å². The molecule has 0 fully saturated rings. The van der Waals surface area contributed by atoms with E-state index < -0.39 is 0 Å². The van der Waals surface area contributed by atoms with Crippen molar-refractivity contribution in [1.82, 2.24) is 10.3 Å². The van der Waals surface area contributed by atoms with Gasteiger partial charge >= 0.3 is 0 Å². The van der Waals surface area contributed by atoms with Crippen LogP contribution in [0, 0.1) is 0 Å². The van der Waals surface area contributed by atoms with Gasteiger partial charge in [0.25, 0.3) is 5.91 Å². The molecule has 0 atom stereocenters. The van der Waals surface area contributed by atoms with Gasteiger partial charge in [0.05, 0.1) is 0 Å². The second kappa shape index (κ2) is 5.70. The Morgan fingerprint density at radius 3 is 2.76 bits per heavy atom. The number of hydrogen-bond donors (Lipinski definition) is 2. The molecule has 21 heavy (non-hydrogen) atoms. The maximum atomic E-state index is 11.9. The molecule has 2 N–H and O–H groups in total. The number of benzene rings is 1. The van der Waals surface area contributed by atoms with Crippen LogP contribution in [0.25, 0.3) is 0 Å². The normalized spacial score (nSPS) is 12.8. The van der Waals surface area contributed by atoms with Crippen LogP contribution < -0.4 is 20.3 Å². The highest BCUT2D eigenvalue weighted by Gasteiger charge is 2.12. The van der Waals surface area contributed by atoms with E-state index in [1.807, 2.05) is 18.2 Å². The highest BCUT2D eigenvalue weighted by molar-refractivity contribution is 5.92. The molecule has 0 unspecified atom stereocenters. The molecule has 3 rings (SSSR count). The molecule has 6 heteroatoms. The molecule has 0 aliphatic carbocycles. The van der Waals surface area contributed by atoms with Crippen LogP contribution in [0.15, 0.2) is 41.2 Å². The first-order valence-electron chi connectivity index (χ1n) is 6.58. The third kappa shape index (κ3) is 3.05. The van der Waals surface area contributed by atoms with Crippen LogP contribution >= 0.6 is 0 Å². The molecule has 0 saturated carbocycles. The molecule has 0 spiro atoms. The van der Waals surface area contributed by atoms with Crippen LogP contribution in [-0.2, 0) is 6.54 Å². The van der Waals surface area contributed by atoms with Crippen molar-refractivity contribution in [3.8, 4) is 11.5 Å². The lowest BCUT2D eigenvalue weighted by molar-refractivity contribution is 0.0945. The molecule has 1 aliphatic rings. The van der Waals surface area contributed by atoms with Gasteiger partial charge in [0.2, 0.25) is 5.56 Å². The lowest BCUT2D eigenvalue weighted by Crippen LogP contribution is -2.25. The van der Waals surface area contributed by atoms with Crippen LogP contribution in [0.4, 0.5) is 0 Å². The van der Waals surface area contributed by atoms with Crippen molar-refractivity contribution in [3.63, 3.8) is 0 Å². The van der Waals surface area contributed by atoms with E-state index in [-0.39, 0.29) is 17.2 Å². The number of nitrogens with one attached hydrogen (secondary N) is 2. The minimum absolute atomic E-state index is 0.236. The summed E-state index contributed by atoms with van der Waals surface area (Å²) >= 11 is 0. The Bertz CT molecular complexity index is 724. The number of hydrogen-bond acceptors (Lipinski definition) is 4. The predicted molar refractivity (Wildman–Crippen MR) is 75.7 cm³/mol. The zero-order valence-electron chi connectivity index (χ0n) is 11.2. The molecular weight excluding hydrogens is 272 g/mol. The summed E-state index contributed by atoms with van der Waals surface area (Å²) in [7, 11) is 0. The van der Waals surface area contributed by atoms with E-state index in [1.54, 1.807) is 6.07 Å². The highest BCUT2D eigenvalue weighted by atomic mass is 16.6. The second-order valence-electron chi connectivity index (χ2n) is 4.59. The van der Waals surface area contributed by atoms with Gasteiger partial charge in [0, 0.05) is 12.6 Å². The summed E-state index contributed by atoms with van der Waals surface area (Å²) in [6.07, 6.45) is 0. The minimum Gasteiger partial charge on any atom is -0.486 e. The van der Waals surface area contributed by atoms with Crippen molar-refractivity contribution in [2.45, 2.75) is 6.54 Å². The Labute approximate surface area is 120 Å². The van der Waals surface area contributed by atoms with Crippen LogP contribution in [0.1, 0.15) is 16.1 Å². The number of pyridine rings is 1. The molecule has 1 amide bonds. The molecule has 1 aromatic carbocycles. The first-order valence-corrected chi connectivity index (χ1v) is 6.58.